The van der Waals surface area contributed by atoms with E-state index in [1.165, 1.54) is 4.90 Å². The largest absolute Gasteiger partial charge is 0.478 e. The lowest BCUT2D eigenvalue weighted by molar-refractivity contribution is 0.0697. The Kier molecular flexibility index (Phi) is 7.12. The zero-order valence-electron chi connectivity index (χ0n) is 23.5. The quantitative estimate of drug-likeness (QED) is 0.206. The molecule has 6 rings (SSSR count). The first-order valence-corrected chi connectivity index (χ1v) is 14.2. The Bertz CT molecular complexity index is 1820. The van der Waals surface area contributed by atoms with Crippen molar-refractivity contribution < 1.29 is 19.5 Å². The molecule has 0 bridgehead atoms. The molecule has 8 nitrogen and oxygen atoms in total. The van der Waals surface area contributed by atoms with Gasteiger partial charge in [-0.25, -0.2) is 19.7 Å². The van der Waals surface area contributed by atoms with Crippen LogP contribution in [0.1, 0.15) is 74.8 Å². The number of carboxylic acid groups (broad SMARTS) is 1. The lowest BCUT2D eigenvalue weighted by Gasteiger charge is -2.18. The highest BCUT2D eigenvalue weighted by Gasteiger charge is 2.38. The molecule has 0 saturated carbocycles. The maximum absolute atomic E-state index is 13.4. The number of amides is 2. The second kappa shape index (κ2) is 11.0. The Balaban J connectivity index is 1.42. The second-order valence-corrected chi connectivity index (χ2v) is 10.4. The minimum Gasteiger partial charge on any atom is -0.478 e. The van der Waals surface area contributed by atoms with Crippen molar-refractivity contribution in [3.05, 3.63) is 113 Å². The maximum Gasteiger partial charge on any atom is 0.336 e. The number of carbonyl (C=O) groups is 3. The lowest BCUT2D eigenvalue weighted by atomic mass is 9.99. The van der Waals surface area contributed by atoms with Gasteiger partial charge in [0.15, 0.2) is 5.65 Å². The van der Waals surface area contributed by atoms with Crippen molar-refractivity contribution in [2.45, 2.75) is 46.1 Å². The summed E-state index contributed by atoms with van der Waals surface area (Å²) in [5, 5.41) is 9.62. The summed E-state index contributed by atoms with van der Waals surface area (Å²) >= 11 is 0. The van der Waals surface area contributed by atoms with Crippen molar-refractivity contribution in [2.24, 2.45) is 0 Å². The van der Waals surface area contributed by atoms with E-state index >= 15 is 0 Å². The summed E-state index contributed by atoms with van der Waals surface area (Å²) in [6.45, 7) is 4.59. The zero-order chi connectivity index (χ0) is 29.4. The zero-order valence-corrected chi connectivity index (χ0v) is 23.5. The van der Waals surface area contributed by atoms with Gasteiger partial charge in [-0.3, -0.25) is 9.59 Å². The molecule has 0 aliphatic carbocycles. The van der Waals surface area contributed by atoms with E-state index in [1.54, 1.807) is 36.4 Å². The highest BCUT2D eigenvalue weighted by atomic mass is 16.4. The highest BCUT2D eigenvalue weighted by Crippen LogP contribution is 2.33. The summed E-state index contributed by atoms with van der Waals surface area (Å²) in [5.41, 5.74) is 6.01. The minimum absolute atomic E-state index is 0.256. The van der Waals surface area contributed by atoms with Gasteiger partial charge >= 0.3 is 5.97 Å². The normalized spacial score (nSPS) is 12.8. The average molecular weight is 559 g/mol. The molecule has 0 atom stereocenters. The molecule has 2 aromatic heterocycles. The van der Waals surface area contributed by atoms with Gasteiger partial charge < -0.3 is 9.67 Å². The third-order valence-corrected chi connectivity index (χ3v) is 7.76. The van der Waals surface area contributed by atoms with Gasteiger partial charge in [-0.15, -0.1) is 0 Å². The van der Waals surface area contributed by atoms with E-state index in [-0.39, 0.29) is 17.4 Å². The third-order valence-electron chi connectivity index (χ3n) is 7.76. The maximum atomic E-state index is 13.4. The second-order valence-electron chi connectivity index (χ2n) is 10.4. The first-order valence-electron chi connectivity index (χ1n) is 14.2. The van der Waals surface area contributed by atoms with Crippen molar-refractivity contribution >= 4 is 34.6 Å². The van der Waals surface area contributed by atoms with Crippen LogP contribution in [0.2, 0.25) is 0 Å². The van der Waals surface area contributed by atoms with E-state index < -0.39 is 5.97 Å². The number of carboxylic acids is 1. The summed E-state index contributed by atoms with van der Waals surface area (Å²) in [4.78, 5) is 49.5. The van der Waals surface area contributed by atoms with Crippen molar-refractivity contribution in [1.82, 2.24) is 14.5 Å². The number of aromatic carboxylic acids is 1. The number of aryl methyl sites for hydroxylation is 2. The predicted molar refractivity (Wildman–Crippen MR) is 161 cm³/mol. The number of carbonyl (C=O) groups excluding carboxylic acids is 2. The Hall–Kier alpha value is -5.11. The molecule has 8 heteroatoms. The van der Waals surface area contributed by atoms with Gasteiger partial charge in [0.2, 0.25) is 0 Å². The Morgan fingerprint density at radius 3 is 2.10 bits per heavy atom. The topological polar surface area (TPSA) is 105 Å². The molecule has 0 spiro atoms. The van der Waals surface area contributed by atoms with Crippen LogP contribution in [-0.4, -0.2) is 37.4 Å². The summed E-state index contributed by atoms with van der Waals surface area (Å²) < 4.78 is 2.11. The van der Waals surface area contributed by atoms with Gasteiger partial charge in [0.1, 0.15) is 5.82 Å². The monoisotopic (exact) mass is 558 g/mol. The number of benzene rings is 3. The fourth-order valence-electron chi connectivity index (χ4n) is 5.58. The van der Waals surface area contributed by atoms with Crippen molar-refractivity contribution in [3.8, 4) is 11.1 Å². The summed E-state index contributed by atoms with van der Waals surface area (Å²) in [5.74, 6) is -0.768. The first-order chi connectivity index (χ1) is 20.4. The summed E-state index contributed by atoms with van der Waals surface area (Å²) in [7, 11) is 0. The van der Waals surface area contributed by atoms with Crippen LogP contribution in [0.15, 0.2) is 78.9 Å². The first kappa shape index (κ1) is 27.1. The molecule has 0 radical (unpaired) electrons. The lowest BCUT2D eigenvalue weighted by Crippen LogP contribution is -2.30. The van der Waals surface area contributed by atoms with E-state index in [0.717, 1.165) is 41.7 Å². The predicted octanol–water partition coefficient (Wildman–Crippen LogP) is 6.55. The minimum atomic E-state index is -0.965. The number of hydrogen-bond donors (Lipinski definition) is 1. The van der Waals surface area contributed by atoms with Gasteiger partial charge in [0, 0.05) is 13.0 Å². The molecule has 0 unspecified atom stereocenters. The van der Waals surface area contributed by atoms with Gasteiger partial charge in [-0.1, -0.05) is 74.9 Å². The number of imide groups is 1. The number of imidazole rings is 1. The number of rotatable bonds is 9. The Morgan fingerprint density at radius 2 is 1.48 bits per heavy atom. The molecule has 3 aromatic carbocycles. The standard InChI is InChI=1S/C34H30N4O4/c1-3-5-14-30-36-31-29(19-28(27(4-2)35-31)38-32(39)24-11-7-8-12-25(24)33(38)40)37(30)20-21-15-17-22(18-16-21)23-10-6-9-13-26(23)34(41)42/h6-13,15-19H,3-5,14,20H2,1-2H3,(H,41,42). The highest BCUT2D eigenvalue weighted by molar-refractivity contribution is 6.34. The molecule has 5 aromatic rings. The Morgan fingerprint density at radius 1 is 0.833 bits per heavy atom. The van der Waals surface area contributed by atoms with E-state index in [0.29, 0.717) is 46.7 Å². The number of aromatic nitrogens is 3. The summed E-state index contributed by atoms with van der Waals surface area (Å²) in [6, 6.07) is 23.6. The van der Waals surface area contributed by atoms with Crippen LogP contribution in [0.3, 0.4) is 0 Å². The average Bonchev–Trinajstić information content (AvgIpc) is 3.48. The molecule has 1 aliphatic heterocycles. The van der Waals surface area contributed by atoms with Gasteiger partial charge in [0.05, 0.1) is 33.6 Å². The molecule has 1 N–H and O–H groups in total. The van der Waals surface area contributed by atoms with E-state index in [1.807, 2.05) is 49.4 Å². The molecule has 0 saturated heterocycles. The van der Waals surface area contributed by atoms with Crippen molar-refractivity contribution in [3.63, 3.8) is 0 Å². The smallest absolute Gasteiger partial charge is 0.336 e. The summed E-state index contributed by atoms with van der Waals surface area (Å²) in [6.07, 6.45) is 3.27. The van der Waals surface area contributed by atoms with Crippen molar-refractivity contribution in [1.29, 1.82) is 0 Å². The SMILES string of the molecule is CCCCc1nc2nc(CC)c(N3C(=O)c4ccccc4C3=O)cc2n1Cc1ccc(-c2ccccc2C(=O)O)cc1. The number of unbranched alkanes of at least 4 members (excludes halogenated alkanes) is 1. The van der Waals surface area contributed by atoms with Crippen LogP contribution < -0.4 is 4.90 Å². The molecule has 1 aliphatic rings. The van der Waals surface area contributed by atoms with Crippen LogP contribution in [0, 0.1) is 0 Å². The molecular formula is C34H30N4O4. The van der Waals surface area contributed by atoms with E-state index in [2.05, 4.69) is 11.5 Å². The fraction of sp³-hybridized carbons (Fsp3) is 0.206. The molecule has 210 valence electrons. The van der Waals surface area contributed by atoms with Gasteiger partial charge in [-0.2, -0.15) is 0 Å². The van der Waals surface area contributed by atoms with Crippen LogP contribution in [-0.2, 0) is 19.4 Å². The number of fused-ring (bicyclic) bond motifs is 2. The van der Waals surface area contributed by atoms with Gasteiger partial charge in [0.25, 0.3) is 11.8 Å². The van der Waals surface area contributed by atoms with Gasteiger partial charge in [-0.05, 0) is 53.8 Å². The van der Waals surface area contributed by atoms with Crippen LogP contribution in [0.4, 0.5) is 5.69 Å². The number of hydrogen-bond acceptors (Lipinski definition) is 5. The van der Waals surface area contributed by atoms with E-state index in [4.69, 9.17) is 9.97 Å². The fourth-order valence-corrected chi connectivity index (χ4v) is 5.58. The van der Waals surface area contributed by atoms with Crippen molar-refractivity contribution in [2.75, 3.05) is 4.90 Å². The number of nitrogens with zero attached hydrogens (tertiary/aromatic N) is 4. The Labute approximate surface area is 243 Å². The molecule has 2 amide bonds. The third kappa shape index (κ3) is 4.64. The van der Waals surface area contributed by atoms with Crippen LogP contribution >= 0.6 is 0 Å². The molecule has 0 fully saturated rings. The number of pyridine rings is 1. The van der Waals surface area contributed by atoms with E-state index in [9.17, 15) is 19.5 Å². The van der Waals surface area contributed by atoms with Crippen LogP contribution in [0.5, 0.6) is 0 Å². The molecule has 3 heterocycles. The van der Waals surface area contributed by atoms with Crippen LogP contribution in [0.25, 0.3) is 22.3 Å². The molecular weight excluding hydrogens is 528 g/mol. The molecule has 42 heavy (non-hydrogen) atoms. The number of anilines is 1.